The minimum Gasteiger partial charge on any atom is -0.328 e. The van der Waals surface area contributed by atoms with Crippen LogP contribution in [0.3, 0.4) is 0 Å². The molecule has 1 aliphatic heterocycles. The van der Waals surface area contributed by atoms with Crippen molar-refractivity contribution >= 4 is 12.4 Å². The van der Waals surface area contributed by atoms with Crippen molar-refractivity contribution in [1.29, 1.82) is 0 Å². The number of rotatable bonds is 0. The van der Waals surface area contributed by atoms with Crippen LogP contribution in [0.25, 0.3) is 0 Å². The van der Waals surface area contributed by atoms with Gasteiger partial charge in [0.15, 0.2) is 0 Å². The second-order valence-corrected chi connectivity index (χ2v) is 2.79. The molecule has 12 heavy (non-hydrogen) atoms. The Balaban J connectivity index is -0.000000270. The van der Waals surface area contributed by atoms with E-state index in [1.165, 1.54) is 25.8 Å². The van der Waals surface area contributed by atoms with Crippen molar-refractivity contribution in [3.05, 3.63) is 14.9 Å². The van der Waals surface area contributed by atoms with Crippen molar-refractivity contribution in [2.75, 3.05) is 13.1 Å². The number of nitrogens with one attached hydrogen (secondary N) is 1. The largest absolute Gasteiger partial charge is 0.328 e. The molecule has 1 heterocycles. The summed E-state index contributed by atoms with van der Waals surface area (Å²) >= 11 is 0. The number of hydrogen-bond acceptors (Lipinski definition) is 2. The normalized spacial score (nSPS) is 23.2. The molecule has 1 saturated heterocycles. The molecule has 1 fully saturated rings. The lowest BCUT2D eigenvalue weighted by Gasteiger charge is -2.15. The van der Waals surface area contributed by atoms with E-state index >= 15 is 0 Å². The summed E-state index contributed by atoms with van der Waals surface area (Å²) in [6, 6.07) is 0.456. The highest BCUT2D eigenvalue weighted by molar-refractivity contribution is 5.85. The van der Waals surface area contributed by atoms with Gasteiger partial charge >= 0.3 is 0 Å². The summed E-state index contributed by atoms with van der Waals surface area (Å²) in [5, 5.41) is 3.34. The summed E-state index contributed by atoms with van der Waals surface area (Å²) in [7, 11) is 0. The molecule has 1 aliphatic rings. The Hall–Kier alpha value is 0.210. The summed E-state index contributed by atoms with van der Waals surface area (Å²) in [6.07, 6.45) is 4.98. The second kappa shape index (κ2) is 11.2. The van der Waals surface area contributed by atoms with Gasteiger partial charge in [0.2, 0.25) is 0 Å². The Bertz CT molecular complexity index is 70.9. The first kappa shape index (κ1) is 18.1. The van der Waals surface area contributed by atoms with E-state index in [0.717, 1.165) is 13.0 Å². The predicted molar refractivity (Wildman–Crippen MR) is 57.3 cm³/mol. The predicted octanol–water partition coefficient (Wildman–Crippen LogP) is 1.55. The molecule has 0 aliphatic carbocycles. The molecule has 0 aromatic rings. The maximum absolute atomic E-state index is 5.76. The van der Waals surface area contributed by atoms with Gasteiger partial charge in [-0.05, 0) is 32.4 Å². The molecular formula is C9H21ClN2. The second-order valence-electron chi connectivity index (χ2n) is 2.79. The van der Waals surface area contributed by atoms with E-state index in [0.29, 0.717) is 6.04 Å². The van der Waals surface area contributed by atoms with Crippen LogP contribution in [0.2, 0.25) is 0 Å². The summed E-state index contributed by atoms with van der Waals surface area (Å²) in [5.74, 6) is 0. The third-order valence-electron chi connectivity index (χ3n) is 1.87. The SMILES string of the molecule is Cl.N[C@@H]1CCCCNCC1.[CH2].[CH2]. The molecule has 0 amide bonds. The topological polar surface area (TPSA) is 38.0 Å². The van der Waals surface area contributed by atoms with Crippen LogP contribution < -0.4 is 11.1 Å². The third-order valence-corrected chi connectivity index (χ3v) is 1.87. The molecule has 1 atom stereocenters. The minimum atomic E-state index is 0. The lowest BCUT2D eigenvalue weighted by Crippen LogP contribution is -2.29. The van der Waals surface area contributed by atoms with E-state index in [1.54, 1.807) is 0 Å². The van der Waals surface area contributed by atoms with Crippen molar-refractivity contribution in [2.24, 2.45) is 5.73 Å². The van der Waals surface area contributed by atoms with Gasteiger partial charge in [-0.2, -0.15) is 0 Å². The zero-order valence-corrected chi connectivity index (χ0v) is 8.54. The third kappa shape index (κ3) is 8.31. The van der Waals surface area contributed by atoms with Crippen molar-refractivity contribution < 1.29 is 0 Å². The van der Waals surface area contributed by atoms with Gasteiger partial charge in [0.25, 0.3) is 0 Å². The quantitative estimate of drug-likeness (QED) is 0.612. The summed E-state index contributed by atoms with van der Waals surface area (Å²) in [4.78, 5) is 0. The Morgan fingerprint density at radius 1 is 1.00 bits per heavy atom. The van der Waals surface area contributed by atoms with E-state index < -0.39 is 0 Å². The molecule has 0 saturated carbocycles. The lowest BCUT2D eigenvalue weighted by molar-refractivity contribution is 0.465. The monoisotopic (exact) mass is 192 g/mol. The fourth-order valence-electron chi connectivity index (χ4n) is 1.21. The first-order valence-corrected chi connectivity index (χ1v) is 3.86. The minimum absolute atomic E-state index is 0. The van der Waals surface area contributed by atoms with Gasteiger partial charge in [0, 0.05) is 6.04 Å². The average Bonchev–Trinajstić information content (AvgIpc) is 1.79. The van der Waals surface area contributed by atoms with Crippen molar-refractivity contribution in [1.82, 2.24) is 5.32 Å². The Morgan fingerprint density at radius 2 is 1.67 bits per heavy atom. The van der Waals surface area contributed by atoms with Crippen LogP contribution in [0.15, 0.2) is 0 Å². The van der Waals surface area contributed by atoms with Crippen molar-refractivity contribution in [3.63, 3.8) is 0 Å². The molecule has 0 unspecified atom stereocenters. The van der Waals surface area contributed by atoms with E-state index in [9.17, 15) is 0 Å². The van der Waals surface area contributed by atoms with E-state index in [2.05, 4.69) is 5.32 Å². The highest BCUT2D eigenvalue weighted by atomic mass is 35.5. The highest BCUT2D eigenvalue weighted by Crippen LogP contribution is 2.03. The summed E-state index contributed by atoms with van der Waals surface area (Å²) < 4.78 is 0. The number of hydrogen-bond donors (Lipinski definition) is 2. The average molecular weight is 193 g/mol. The first-order valence-electron chi connectivity index (χ1n) is 3.86. The number of halogens is 1. The van der Waals surface area contributed by atoms with Gasteiger partial charge in [-0.15, -0.1) is 12.4 Å². The van der Waals surface area contributed by atoms with E-state index in [4.69, 9.17) is 5.73 Å². The van der Waals surface area contributed by atoms with Crippen molar-refractivity contribution in [3.8, 4) is 0 Å². The Labute approximate surface area is 83.7 Å². The van der Waals surface area contributed by atoms with Crippen LogP contribution in [-0.4, -0.2) is 19.1 Å². The fourth-order valence-corrected chi connectivity index (χ4v) is 1.21. The van der Waals surface area contributed by atoms with Gasteiger partial charge in [0.05, 0.1) is 0 Å². The van der Waals surface area contributed by atoms with Crippen LogP contribution in [0.4, 0.5) is 0 Å². The fraction of sp³-hybridized carbons (Fsp3) is 0.778. The standard InChI is InChI=1S/C7H16N2.2CH2.ClH/c8-7-3-1-2-5-9-6-4-7;;;/h7,9H,1-6,8H2;2*1H2;1H/t7-;;;/m1.../s1. The lowest BCUT2D eigenvalue weighted by atomic mass is 10.1. The van der Waals surface area contributed by atoms with Crippen LogP contribution >= 0.6 is 12.4 Å². The smallest absolute Gasteiger partial charge is 0.00509 e. The molecule has 2 nitrogen and oxygen atoms in total. The van der Waals surface area contributed by atoms with Gasteiger partial charge in [-0.25, -0.2) is 0 Å². The zero-order chi connectivity index (χ0) is 6.53. The maximum Gasteiger partial charge on any atom is 0.00509 e. The van der Waals surface area contributed by atoms with Crippen molar-refractivity contribution in [2.45, 2.75) is 31.7 Å². The molecule has 0 aromatic carbocycles. The van der Waals surface area contributed by atoms with Crippen LogP contribution in [0.1, 0.15) is 25.7 Å². The molecule has 0 spiro atoms. The van der Waals surface area contributed by atoms with E-state index in [1.807, 2.05) is 0 Å². The Kier molecular flexibility index (Phi) is 16.9. The number of nitrogens with two attached hydrogens (primary N) is 1. The molecular weight excluding hydrogens is 172 g/mol. The van der Waals surface area contributed by atoms with Gasteiger partial charge < -0.3 is 11.1 Å². The molecule has 74 valence electrons. The molecule has 0 aromatic heterocycles. The zero-order valence-electron chi connectivity index (χ0n) is 7.72. The molecule has 1 rings (SSSR count). The first-order chi connectivity index (χ1) is 4.39. The summed E-state index contributed by atoms with van der Waals surface area (Å²) in [5.41, 5.74) is 5.76. The molecule has 4 radical (unpaired) electrons. The van der Waals surface area contributed by atoms with Crippen LogP contribution in [-0.2, 0) is 0 Å². The van der Waals surface area contributed by atoms with Gasteiger partial charge in [0.1, 0.15) is 0 Å². The van der Waals surface area contributed by atoms with Gasteiger partial charge in [-0.3, -0.25) is 0 Å². The molecule has 3 heteroatoms. The summed E-state index contributed by atoms with van der Waals surface area (Å²) in [6.45, 7) is 2.30. The van der Waals surface area contributed by atoms with Crippen LogP contribution in [0, 0.1) is 14.9 Å². The highest BCUT2D eigenvalue weighted by Gasteiger charge is 2.03. The maximum atomic E-state index is 5.76. The van der Waals surface area contributed by atoms with Crippen LogP contribution in [0.5, 0.6) is 0 Å². The molecule has 0 bridgehead atoms. The molecule has 3 N–H and O–H groups in total. The van der Waals surface area contributed by atoms with Gasteiger partial charge in [-0.1, -0.05) is 21.3 Å². The van der Waals surface area contributed by atoms with E-state index in [-0.39, 0.29) is 27.3 Å². The Morgan fingerprint density at radius 3 is 2.33 bits per heavy atom.